The second kappa shape index (κ2) is 9.75. The third kappa shape index (κ3) is 8.47. The lowest BCUT2D eigenvalue weighted by molar-refractivity contribution is 0.484. The zero-order valence-corrected chi connectivity index (χ0v) is 13.6. The maximum atomic E-state index is 4.64. The minimum Gasteiger partial charge on any atom is -0.179 e. The van der Waals surface area contributed by atoms with Gasteiger partial charge in [-0.05, 0) is 37.4 Å². The number of hydrogen-bond acceptors (Lipinski definition) is 5. The van der Waals surface area contributed by atoms with Gasteiger partial charge in [-0.2, -0.15) is 63.1 Å². The topological polar surface area (TPSA) is 0 Å². The van der Waals surface area contributed by atoms with Crippen molar-refractivity contribution in [2.45, 2.75) is 47.7 Å². The van der Waals surface area contributed by atoms with E-state index in [9.17, 15) is 0 Å². The van der Waals surface area contributed by atoms with Crippen LogP contribution in [-0.2, 0) is 0 Å². The van der Waals surface area contributed by atoms with E-state index in [1.54, 1.807) is 0 Å². The van der Waals surface area contributed by atoms with E-state index < -0.39 is 0 Å². The Hall–Kier alpha value is 1.75. The molecule has 0 aliphatic rings. The lowest BCUT2D eigenvalue weighted by Crippen LogP contribution is -2.21. The second-order valence-electron chi connectivity index (χ2n) is 3.87. The molecule has 0 fully saturated rings. The molecule has 3 unspecified atom stereocenters. The van der Waals surface area contributed by atoms with Crippen molar-refractivity contribution in [3.05, 3.63) is 0 Å². The molecule has 5 heteroatoms. The zero-order chi connectivity index (χ0) is 11.8. The summed E-state index contributed by atoms with van der Waals surface area (Å²) >= 11 is 22.1. The molecule has 0 nitrogen and oxygen atoms in total. The Labute approximate surface area is 122 Å². The van der Waals surface area contributed by atoms with Crippen LogP contribution in [0.1, 0.15) is 32.6 Å². The number of hydrogen-bond donors (Lipinski definition) is 5. The van der Waals surface area contributed by atoms with Crippen LogP contribution in [0.15, 0.2) is 0 Å². The van der Waals surface area contributed by atoms with E-state index >= 15 is 0 Å². The summed E-state index contributed by atoms with van der Waals surface area (Å²) in [7, 11) is 0. The van der Waals surface area contributed by atoms with Crippen molar-refractivity contribution in [2.24, 2.45) is 5.92 Å². The first kappa shape index (κ1) is 16.8. The molecule has 3 atom stereocenters. The minimum atomic E-state index is 0.165. The molecule has 0 N–H and O–H groups in total. The maximum absolute atomic E-state index is 4.64. The van der Waals surface area contributed by atoms with E-state index in [0.29, 0.717) is 16.4 Å². The summed E-state index contributed by atoms with van der Waals surface area (Å²) in [5.41, 5.74) is 0. The van der Waals surface area contributed by atoms with Crippen LogP contribution in [0.25, 0.3) is 0 Å². The molecule has 0 saturated carbocycles. The van der Waals surface area contributed by atoms with Gasteiger partial charge >= 0.3 is 0 Å². The molecule has 0 aromatic rings. The summed E-state index contributed by atoms with van der Waals surface area (Å²) in [6.07, 6.45) is 4.25. The summed E-state index contributed by atoms with van der Waals surface area (Å²) in [4.78, 5) is 0. The van der Waals surface area contributed by atoms with Crippen LogP contribution in [0.5, 0.6) is 0 Å². The molecule has 0 aliphatic heterocycles. The van der Waals surface area contributed by atoms with E-state index in [-0.39, 0.29) is 4.58 Å². The van der Waals surface area contributed by atoms with Crippen LogP contribution in [0.4, 0.5) is 0 Å². The molecule has 0 aliphatic carbocycles. The summed E-state index contributed by atoms with van der Waals surface area (Å²) in [5, 5.41) is 0.866. The van der Waals surface area contributed by atoms with Gasteiger partial charge in [0.25, 0.3) is 0 Å². The largest absolute Gasteiger partial charge is 0.179 e. The summed E-state index contributed by atoms with van der Waals surface area (Å²) < 4.78 is 0.165. The van der Waals surface area contributed by atoms with E-state index in [0.717, 1.165) is 31.4 Å². The predicted octanol–water partition coefficient (Wildman–Crippen LogP) is 3.90. The average molecular weight is 303 g/mol. The van der Waals surface area contributed by atoms with Crippen molar-refractivity contribution in [3.63, 3.8) is 0 Å². The maximum Gasteiger partial charge on any atom is 0.0442 e. The molecule has 15 heavy (non-hydrogen) atoms. The Morgan fingerprint density at radius 3 is 2.00 bits per heavy atom. The van der Waals surface area contributed by atoms with Gasteiger partial charge in [-0.15, -0.1) is 0 Å². The average Bonchev–Trinajstić information content (AvgIpc) is 2.21. The first-order valence-corrected chi connectivity index (χ1v) is 8.04. The molecule has 0 radical (unpaired) electrons. The van der Waals surface area contributed by atoms with E-state index in [2.05, 4.69) is 70.1 Å². The third-order valence-corrected chi connectivity index (χ3v) is 4.79. The summed E-state index contributed by atoms with van der Waals surface area (Å²) in [6, 6.07) is 0. The van der Waals surface area contributed by atoms with Crippen LogP contribution in [-0.4, -0.2) is 20.8 Å². The van der Waals surface area contributed by atoms with E-state index in [1.807, 2.05) is 0 Å². The van der Waals surface area contributed by atoms with Crippen molar-refractivity contribution in [2.75, 3.05) is 5.75 Å². The van der Waals surface area contributed by atoms with Gasteiger partial charge < -0.3 is 0 Å². The van der Waals surface area contributed by atoms with Crippen LogP contribution >= 0.6 is 63.1 Å². The highest BCUT2D eigenvalue weighted by molar-refractivity contribution is 7.99. The highest BCUT2D eigenvalue weighted by Gasteiger charge is 2.19. The van der Waals surface area contributed by atoms with Crippen molar-refractivity contribution in [1.82, 2.24) is 0 Å². The molecule has 0 amide bonds. The standard InChI is InChI=1S/C10H22S5/c1-2-8(12)5-7(6-11)9(13)3-4-10(14)15/h7-15H,2-6H2,1H3. The molecule has 0 heterocycles. The van der Waals surface area contributed by atoms with Gasteiger partial charge in [-0.1, -0.05) is 6.92 Å². The number of rotatable bonds is 8. The minimum absolute atomic E-state index is 0.165. The molecule has 0 rings (SSSR count). The van der Waals surface area contributed by atoms with Crippen molar-refractivity contribution >= 4 is 63.1 Å². The fraction of sp³-hybridized carbons (Fsp3) is 1.00. The molecule has 0 spiro atoms. The summed E-state index contributed by atoms with van der Waals surface area (Å²) in [6.45, 7) is 2.16. The lowest BCUT2D eigenvalue weighted by atomic mass is 9.97. The molecular formula is C10H22S5. The zero-order valence-electron chi connectivity index (χ0n) is 9.08. The highest BCUT2D eigenvalue weighted by Crippen LogP contribution is 2.26. The van der Waals surface area contributed by atoms with Crippen molar-refractivity contribution in [1.29, 1.82) is 0 Å². The molecular weight excluding hydrogens is 280 g/mol. The predicted molar refractivity (Wildman–Crippen MR) is 88.8 cm³/mol. The molecule has 0 aromatic carbocycles. The quantitative estimate of drug-likeness (QED) is 0.326. The van der Waals surface area contributed by atoms with E-state index in [1.165, 1.54) is 0 Å². The molecule has 0 bridgehead atoms. The second-order valence-corrected chi connectivity index (χ2v) is 7.28. The van der Waals surface area contributed by atoms with Gasteiger partial charge in [0, 0.05) is 15.1 Å². The Bertz CT molecular complexity index is 151. The van der Waals surface area contributed by atoms with Crippen molar-refractivity contribution in [3.8, 4) is 0 Å². The van der Waals surface area contributed by atoms with Crippen LogP contribution < -0.4 is 0 Å². The molecule has 0 aromatic heterocycles. The molecule has 0 saturated heterocycles. The first-order valence-electron chi connectivity index (χ1n) is 5.34. The van der Waals surface area contributed by atoms with Gasteiger partial charge in [0.1, 0.15) is 0 Å². The fourth-order valence-corrected chi connectivity index (χ4v) is 2.94. The van der Waals surface area contributed by atoms with Crippen LogP contribution in [0.3, 0.4) is 0 Å². The lowest BCUT2D eigenvalue weighted by Gasteiger charge is -2.24. The monoisotopic (exact) mass is 302 g/mol. The van der Waals surface area contributed by atoms with Gasteiger partial charge in [0.15, 0.2) is 0 Å². The first-order chi connectivity index (χ1) is 7.01. The third-order valence-electron chi connectivity index (χ3n) is 2.55. The molecule has 92 valence electrons. The fourth-order valence-electron chi connectivity index (χ4n) is 1.42. The van der Waals surface area contributed by atoms with Crippen LogP contribution in [0.2, 0.25) is 0 Å². The Kier molecular flexibility index (Phi) is 10.9. The Morgan fingerprint density at radius 2 is 1.60 bits per heavy atom. The normalized spacial score (nSPS) is 17.8. The van der Waals surface area contributed by atoms with Gasteiger partial charge in [0.05, 0.1) is 0 Å². The Balaban J connectivity index is 3.92. The van der Waals surface area contributed by atoms with Gasteiger partial charge in [0.2, 0.25) is 0 Å². The summed E-state index contributed by atoms with van der Waals surface area (Å²) in [5.74, 6) is 1.43. The van der Waals surface area contributed by atoms with Gasteiger partial charge in [-0.25, -0.2) is 0 Å². The highest BCUT2D eigenvalue weighted by atomic mass is 32.2. The number of thiol groups is 5. The van der Waals surface area contributed by atoms with Crippen molar-refractivity contribution < 1.29 is 0 Å². The van der Waals surface area contributed by atoms with Gasteiger partial charge in [-0.3, -0.25) is 0 Å². The van der Waals surface area contributed by atoms with Crippen LogP contribution in [0, 0.1) is 5.92 Å². The Morgan fingerprint density at radius 1 is 1.00 bits per heavy atom. The smallest absolute Gasteiger partial charge is 0.0442 e. The van der Waals surface area contributed by atoms with E-state index in [4.69, 9.17) is 0 Å². The SMILES string of the molecule is CCC(S)CC(CS)C(S)CCC(S)S.